The van der Waals surface area contributed by atoms with E-state index in [1.807, 2.05) is 14.0 Å². The first-order chi connectivity index (χ1) is 9.02. The highest BCUT2D eigenvalue weighted by atomic mass is 16.6. The molecule has 0 spiro atoms. The predicted octanol–water partition coefficient (Wildman–Crippen LogP) is 2.34. The summed E-state index contributed by atoms with van der Waals surface area (Å²) in [6, 6.07) is 1.62. The van der Waals surface area contributed by atoms with Crippen LogP contribution in [0.3, 0.4) is 0 Å². The first kappa shape index (κ1) is 13.0. The highest BCUT2D eigenvalue weighted by Crippen LogP contribution is 2.29. The van der Waals surface area contributed by atoms with Crippen molar-refractivity contribution in [1.29, 1.82) is 0 Å². The van der Waals surface area contributed by atoms with Gasteiger partial charge in [-0.25, -0.2) is 4.98 Å². The summed E-state index contributed by atoms with van der Waals surface area (Å²) >= 11 is 0. The van der Waals surface area contributed by atoms with E-state index >= 15 is 0 Å². The number of anilines is 2. The third-order valence-electron chi connectivity index (χ3n) is 2.80. The number of nitrogens with one attached hydrogen (secondary N) is 1. The van der Waals surface area contributed by atoms with Crippen molar-refractivity contribution < 1.29 is 4.92 Å². The van der Waals surface area contributed by atoms with Gasteiger partial charge in [-0.2, -0.15) is 5.10 Å². The standard InChI is InChI=1S/C12H15N5O2/c1-4-9-10(7-16(3)15-9)14-12-11(17(18)19)8(2)5-6-13-12/h5-7H,4H2,1-3H3,(H,13,14). The zero-order chi connectivity index (χ0) is 14.0. The highest BCUT2D eigenvalue weighted by molar-refractivity contribution is 5.68. The van der Waals surface area contributed by atoms with Crippen molar-refractivity contribution in [3.8, 4) is 0 Å². The van der Waals surface area contributed by atoms with Crippen LogP contribution in [0, 0.1) is 17.0 Å². The molecule has 19 heavy (non-hydrogen) atoms. The molecule has 0 aromatic carbocycles. The van der Waals surface area contributed by atoms with Crippen molar-refractivity contribution >= 4 is 17.2 Å². The van der Waals surface area contributed by atoms with E-state index < -0.39 is 4.92 Å². The molecule has 2 rings (SSSR count). The Kier molecular flexibility index (Phi) is 3.46. The lowest BCUT2D eigenvalue weighted by Gasteiger charge is -2.06. The Morgan fingerprint density at radius 1 is 1.53 bits per heavy atom. The van der Waals surface area contributed by atoms with Crippen molar-refractivity contribution in [1.82, 2.24) is 14.8 Å². The van der Waals surface area contributed by atoms with Gasteiger partial charge in [0, 0.05) is 25.0 Å². The minimum atomic E-state index is -0.424. The van der Waals surface area contributed by atoms with Gasteiger partial charge in [-0.15, -0.1) is 0 Å². The van der Waals surface area contributed by atoms with Gasteiger partial charge in [0.1, 0.15) is 0 Å². The monoisotopic (exact) mass is 261 g/mol. The van der Waals surface area contributed by atoms with Gasteiger partial charge >= 0.3 is 5.69 Å². The molecule has 100 valence electrons. The van der Waals surface area contributed by atoms with Crippen molar-refractivity contribution in [2.24, 2.45) is 7.05 Å². The molecule has 0 unspecified atom stereocenters. The molecule has 1 N–H and O–H groups in total. The number of aryl methyl sites for hydroxylation is 3. The summed E-state index contributed by atoms with van der Waals surface area (Å²) in [7, 11) is 1.81. The number of rotatable bonds is 4. The second kappa shape index (κ2) is 5.05. The van der Waals surface area contributed by atoms with Crippen LogP contribution in [0.4, 0.5) is 17.2 Å². The van der Waals surface area contributed by atoms with Crippen molar-refractivity contribution in [3.05, 3.63) is 39.8 Å². The van der Waals surface area contributed by atoms with E-state index in [4.69, 9.17) is 0 Å². The number of nitrogens with zero attached hydrogens (tertiary/aromatic N) is 4. The quantitative estimate of drug-likeness (QED) is 0.674. The van der Waals surface area contributed by atoms with E-state index in [0.717, 1.165) is 17.8 Å². The summed E-state index contributed by atoms with van der Waals surface area (Å²) in [5.41, 5.74) is 2.16. The largest absolute Gasteiger partial charge is 0.332 e. The fraction of sp³-hybridized carbons (Fsp3) is 0.333. The van der Waals surface area contributed by atoms with Gasteiger partial charge in [0.05, 0.1) is 16.3 Å². The van der Waals surface area contributed by atoms with E-state index in [-0.39, 0.29) is 11.5 Å². The summed E-state index contributed by atoms with van der Waals surface area (Å²) in [5.74, 6) is 0.243. The topological polar surface area (TPSA) is 85.9 Å². The fourth-order valence-corrected chi connectivity index (χ4v) is 1.90. The third-order valence-corrected chi connectivity index (χ3v) is 2.80. The van der Waals surface area contributed by atoms with Crippen molar-refractivity contribution in [2.45, 2.75) is 20.3 Å². The summed E-state index contributed by atoms with van der Waals surface area (Å²) < 4.78 is 1.67. The van der Waals surface area contributed by atoms with Crippen LogP contribution in [0.25, 0.3) is 0 Å². The lowest BCUT2D eigenvalue weighted by atomic mass is 10.2. The van der Waals surface area contributed by atoms with Crippen LogP contribution in [0.5, 0.6) is 0 Å². The van der Waals surface area contributed by atoms with Gasteiger partial charge < -0.3 is 5.32 Å². The Morgan fingerprint density at radius 2 is 2.26 bits per heavy atom. The molecular formula is C12H15N5O2. The van der Waals surface area contributed by atoms with Gasteiger partial charge in [0.15, 0.2) is 0 Å². The molecule has 0 amide bonds. The van der Waals surface area contributed by atoms with Crippen molar-refractivity contribution in [3.63, 3.8) is 0 Å². The van der Waals surface area contributed by atoms with Gasteiger partial charge in [-0.05, 0) is 19.4 Å². The molecule has 0 aliphatic carbocycles. The van der Waals surface area contributed by atoms with Gasteiger partial charge in [-0.1, -0.05) is 6.92 Å². The lowest BCUT2D eigenvalue weighted by molar-refractivity contribution is -0.384. The van der Waals surface area contributed by atoms with Crippen LogP contribution < -0.4 is 5.32 Å². The Hall–Kier alpha value is -2.44. The smallest absolute Gasteiger partial charge is 0.314 e. The maximum atomic E-state index is 11.1. The van der Waals surface area contributed by atoms with Crippen LogP contribution in [0.1, 0.15) is 18.2 Å². The van der Waals surface area contributed by atoms with Gasteiger partial charge in [0.2, 0.25) is 5.82 Å². The van der Waals surface area contributed by atoms with Crippen LogP contribution in [-0.2, 0) is 13.5 Å². The molecular weight excluding hydrogens is 246 g/mol. The van der Waals surface area contributed by atoms with E-state index in [9.17, 15) is 10.1 Å². The average molecular weight is 261 g/mol. The molecule has 0 fully saturated rings. The van der Waals surface area contributed by atoms with Gasteiger partial charge in [-0.3, -0.25) is 14.8 Å². The fourth-order valence-electron chi connectivity index (χ4n) is 1.90. The summed E-state index contributed by atoms with van der Waals surface area (Å²) in [4.78, 5) is 14.7. The number of nitro groups is 1. The third kappa shape index (κ3) is 2.54. The van der Waals surface area contributed by atoms with Crippen LogP contribution >= 0.6 is 0 Å². The average Bonchev–Trinajstić information content (AvgIpc) is 2.69. The lowest BCUT2D eigenvalue weighted by Crippen LogP contribution is -2.02. The molecule has 0 aliphatic heterocycles. The Bertz CT molecular complexity index is 621. The number of aromatic nitrogens is 3. The van der Waals surface area contributed by atoms with Gasteiger partial charge in [0.25, 0.3) is 0 Å². The normalized spacial score (nSPS) is 10.5. The first-order valence-corrected chi connectivity index (χ1v) is 5.92. The first-order valence-electron chi connectivity index (χ1n) is 5.92. The van der Waals surface area contributed by atoms with Crippen LogP contribution in [0.15, 0.2) is 18.5 Å². The number of hydrogen-bond acceptors (Lipinski definition) is 5. The summed E-state index contributed by atoms with van der Waals surface area (Å²) in [6.45, 7) is 3.67. The molecule has 0 bridgehead atoms. The van der Waals surface area contributed by atoms with E-state index in [1.54, 1.807) is 30.1 Å². The molecule has 2 heterocycles. The van der Waals surface area contributed by atoms with Crippen LogP contribution in [-0.4, -0.2) is 19.7 Å². The molecule has 0 atom stereocenters. The van der Waals surface area contributed by atoms with E-state index in [0.29, 0.717) is 5.56 Å². The van der Waals surface area contributed by atoms with E-state index in [1.165, 1.54) is 0 Å². The Balaban J connectivity index is 2.43. The number of hydrogen-bond donors (Lipinski definition) is 1. The molecule has 7 heteroatoms. The zero-order valence-corrected chi connectivity index (χ0v) is 11.0. The van der Waals surface area contributed by atoms with E-state index in [2.05, 4.69) is 15.4 Å². The predicted molar refractivity (Wildman–Crippen MR) is 71.5 cm³/mol. The van der Waals surface area contributed by atoms with Crippen LogP contribution in [0.2, 0.25) is 0 Å². The highest BCUT2D eigenvalue weighted by Gasteiger charge is 2.19. The second-order valence-electron chi connectivity index (χ2n) is 4.22. The SMILES string of the molecule is CCc1nn(C)cc1Nc1nccc(C)c1[N+](=O)[O-]. The summed E-state index contributed by atoms with van der Waals surface area (Å²) in [5, 5.41) is 18.4. The molecule has 2 aromatic heterocycles. The van der Waals surface area contributed by atoms with Crippen molar-refractivity contribution in [2.75, 3.05) is 5.32 Å². The Labute approximate surface area is 110 Å². The maximum Gasteiger partial charge on any atom is 0.314 e. The molecule has 0 saturated carbocycles. The maximum absolute atomic E-state index is 11.1. The molecule has 0 aliphatic rings. The zero-order valence-electron chi connectivity index (χ0n) is 11.0. The summed E-state index contributed by atoms with van der Waals surface area (Å²) in [6.07, 6.45) is 4.07. The molecule has 7 nitrogen and oxygen atoms in total. The minimum Gasteiger partial charge on any atom is -0.332 e. The second-order valence-corrected chi connectivity index (χ2v) is 4.22. The molecule has 0 radical (unpaired) electrons. The number of pyridine rings is 1. The molecule has 0 saturated heterocycles. The molecule has 2 aromatic rings. The Morgan fingerprint density at radius 3 is 2.89 bits per heavy atom. The minimum absolute atomic E-state index is 0.00611.